The van der Waals surface area contributed by atoms with Gasteiger partial charge in [0.05, 0.1) is 25.2 Å². The van der Waals surface area contributed by atoms with Gasteiger partial charge in [0.1, 0.15) is 6.10 Å². The third-order valence-corrected chi connectivity index (χ3v) is 9.31. The van der Waals surface area contributed by atoms with E-state index in [1.807, 2.05) is 0 Å². The molecule has 6 heteroatoms. The molecule has 0 radical (unpaired) electrons. The van der Waals surface area contributed by atoms with E-state index in [4.69, 9.17) is 4.74 Å². The van der Waals surface area contributed by atoms with Crippen LogP contribution in [0, 0.1) is 0 Å². The summed E-state index contributed by atoms with van der Waals surface area (Å²) in [6.45, 7) is 6.24. The highest BCUT2D eigenvalue weighted by molar-refractivity contribution is 5.77. The van der Waals surface area contributed by atoms with Crippen LogP contribution in [0.5, 0.6) is 0 Å². The van der Waals surface area contributed by atoms with E-state index in [2.05, 4.69) is 86.8 Å². The molecular weight excluding hydrogens is 647 g/mol. The molecule has 300 valence electrons. The van der Waals surface area contributed by atoms with E-state index >= 15 is 0 Å². The van der Waals surface area contributed by atoms with Crippen molar-refractivity contribution < 1.29 is 24.5 Å². The van der Waals surface area contributed by atoms with Gasteiger partial charge in [0.25, 0.3) is 0 Å². The zero-order valence-corrected chi connectivity index (χ0v) is 33.9. The third-order valence-electron chi connectivity index (χ3n) is 9.31. The molecule has 1 amide bonds. The Morgan fingerprint density at radius 1 is 0.577 bits per heavy atom. The Bertz CT molecular complexity index is 952. The third kappa shape index (κ3) is 34.6. The van der Waals surface area contributed by atoms with Crippen LogP contribution in [0.1, 0.15) is 194 Å². The molecular formula is C46H81NO5. The lowest BCUT2D eigenvalue weighted by atomic mass is 10.0. The molecule has 0 aliphatic heterocycles. The molecule has 0 aromatic carbocycles. The monoisotopic (exact) mass is 728 g/mol. The van der Waals surface area contributed by atoms with Crippen LogP contribution < -0.4 is 5.32 Å². The van der Waals surface area contributed by atoms with Crippen molar-refractivity contribution in [2.45, 2.75) is 212 Å². The first kappa shape index (κ1) is 49.6. The fraction of sp³-hybridized carbons (Fsp3) is 0.739. The summed E-state index contributed by atoms with van der Waals surface area (Å²) in [4.78, 5) is 25.9. The Morgan fingerprint density at radius 2 is 1.10 bits per heavy atom. The van der Waals surface area contributed by atoms with Gasteiger partial charge in [0, 0.05) is 6.42 Å². The first-order valence-corrected chi connectivity index (χ1v) is 21.5. The molecule has 0 heterocycles. The number of amides is 1. The van der Waals surface area contributed by atoms with Crippen molar-refractivity contribution in [1.82, 2.24) is 5.32 Å². The van der Waals surface area contributed by atoms with E-state index < -0.39 is 18.2 Å². The number of aliphatic hydroxyl groups excluding tert-OH is 2. The molecule has 0 spiro atoms. The van der Waals surface area contributed by atoms with Gasteiger partial charge in [0.2, 0.25) is 5.91 Å². The molecule has 0 aliphatic carbocycles. The van der Waals surface area contributed by atoms with Crippen LogP contribution in [0.2, 0.25) is 0 Å². The van der Waals surface area contributed by atoms with Gasteiger partial charge in [-0.1, -0.05) is 165 Å². The summed E-state index contributed by atoms with van der Waals surface area (Å²) in [6.07, 6.45) is 47.2. The van der Waals surface area contributed by atoms with Crippen LogP contribution in [0.3, 0.4) is 0 Å². The van der Waals surface area contributed by atoms with E-state index in [0.29, 0.717) is 19.3 Å². The lowest BCUT2D eigenvalue weighted by Gasteiger charge is -2.24. The summed E-state index contributed by atoms with van der Waals surface area (Å²) >= 11 is 0. The number of rotatable bonds is 37. The molecule has 0 rings (SSSR count). The second-order valence-corrected chi connectivity index (χ2v) is 14.4. The number of unbranched alkanes of at least 4 members (excludes halogenated alkanes) is 15. The number of allylic oxidation sites excluding steroid dienone is 10. The molecule has 0 aromatic heterocycles. The summed E-state index contributed by atoms with van der Waals surface area (Å²) in [6, 6.07) is -0.718. The van der Waals surface area contributed by atoms with Crippen molar-refractivity contribution in [3.8, 4) is 0 Å². The van der Waals surface area contributed by atoms with Crippen LogP contribution in [-0.4, -0.2) is 46.9 Å². The summed E-state index contributed by atoms with van der Waals surface area (Å²) in [5.74, 6) is -0.549. The average Bonchev–Trinajstić information content (AvgIpc) is 3.13. The molecule has 0 saturated heterocycles. The van der Waals surface area contributed by atoms with Gasteiger partial charge in [-0.2, -0.15) is 0 Å². The first-order valence-electron chi connectivity index (χ1n) is 21.5. The number of carbonyl (C=O) groups excluding carboxylic acids is 2. The predicted molar refractivity (Wildman–Crippen MR) is 222 cm³/mol. The van der Waals surface area contributed by atoms with Gasteiger partial charge in [0.15, 0.2) is 0 Å². The number of carbonyl (C=O) groups is 2. The van der Waals surface area contributed by atoms with E-state index in [0.717, 1.165) is 89.9 Å². The summed E-state index contributed by atoms with van der Waals surface area (Å²) < 4.78 is 5.85. The highest BCUT2D eigenvalue weighted by Crippen LogP contribution is 2.16. The summed E-state index contributed by atoms with van der Waals surface area (Å²) in [5, 5.41) is 23.5. The van der Waals surface area contributed by atoms with Gasteiger partial charge in [-0.25, -0.2) is 0 Å². The van der Waals surface area contributed by atoms with Gasteiger partial charge >= 0.3 is 5.97 Å². The minimum Gasteiger partial charge on any atom is -0.462 e. The number of hydrogen-bond acceptors (Lipinski definition) is 5. The Labute approximate surface area is 320 Å². The topological polar surface area (TPSA) is 95.9 Å². The van der Waals surface area contributed by atoms with Gasteiger partial charge < -0.3 is 20.3 Å². The lowest BCUT2D eigenvalue weighted by molar-refractivity contribution is -0.151. The van der Waals surface area contributed by atoms with E-state index in [-0.39, 0.29) is 24.9 Å². The molecule has 6 nitrogen and oxygen atoms in total. The normalized spacial score (nSPS) is 14.0. The molecule has 0 aliphatic rings. The molecule has 0 fully saturated rings. The minimum absolute atomic E-state index is 0.0345. The van der Waals surface area contributed by atoms with Crippen LogP contribution >= 0.6 is 0 Å². The number of esters is 1. The molecule has 0 bridgehead atoms. The van der Waals surface area contributed by atoms with Crippen molar-refractivity contribution in [1.29, 1.82) is 0 Å². The van der Waals surface area contributed by atoms with Crippen molar-refractivity contribution in [2.75, 3.05) is 6.61 Å². The summed E-state index contributed by atoms with van der Waals surface area (Å²) in [7, 11) is 0. The molecule has 3 unspecified atom stereocenters. The molecule has 0 aromatic rings. The van der Waals surface area contributed by atoms with Crippen molar-refractivity contribution in [3.63, 3.8) is 0 Å². The molecule has 3 atom stereocenters. The number of ether oxygens (including phenoxy) is 1. The molecule has 3 N–H and O–H groups in total. The van der Waals surface area contributed by atoms with Crippen LogP contribution in [-0.2, 0) is 14.3 Å². The van der Waals surface area contributed by atoms with E-state index in [1.165, 1.54) is 57.8 Å². The Kier molecular flexibility index (Phi) is 37.9. The fourth-order valence-corrected chi connectivity index (χ4v) is 6.07. The number of aliphatic hydroxyl groups is 2. The maximum absolute atomic E-state index is 13.1. The Balaban J connectivity index is 4.75. The summed E-state index contributed by atoms with van der Waals surface area (Å²) in [5.41, 5.74) is 0. The standard InChI is InChI=1S/C46H81NO5/c1-4-7-10-13-16-19-21-22-23-24-26-28-31-34-37-42(52-46(51)39-36-33-30-27-20-17-14-11-8-5-2)40-45(50)47-43(41-48)44(49)38-35-32-29-25-18-15-12-9-6-3/h7,10-11,14,16,19,22-23,26,28,42-44,48-49H,4-6,8-9,12-13,15,17-18,20-21,24-25,27,29-41H2,1-3H3,(H,47,50)/b10-7+,14-11-,19-16+,23-22+,28-26+. The average molecular weight is 728 g/mol. The van der Waals surface area contributed by atoms with Gasteiger partial charge in [-0.3, -0.25) is 9.59 Å². The zero-order chi connectivity index (χ0) is 38.2. The van der Waals surface area contributed by atoms with Crippen LogP contribution in [0.4, 0.5) is 0 Å². The predicted octanol–water partition coefficient (Wildman–Crippen LogP) is 12.1. The SMILES string of the molecule is CC/C=C/C/C=C/C/C=C/C/C=C/CCCC(CC(=O)NC(CO)C(O)CCCCCCCCCCC)OC(=O)CCCCCCC/C=C\CCC. The number of nitrogens with one attached hydrogen (secondary N) is 1. The first-order chi connectivity index (χ1) is 25.5. The van der Waals surface area contributed by atoms with Crippen LogP contribution in [0.15, 0.2) is 60.8 Å². The van der Waals surface area contributed by atoms with Crippen LogP contribution in [0.25, 0.3) is 0 Å². The van der Waals surface area contributed by atoms with Gasteiger partial charge in [-0.05, 0) is 77.0 Å². The van der Waals surface area contributed by atoms with E-state index in [9.17, 15) is 19.8 Å². The number of hydrogen-bond donors (Lipinski definition) is 3. The maximum Gasteiger partial charge on any atom is 0.306 e. The Morgan fingerprint density at radius 3 is 1.71 bits per heavy atom. The highest BCUT2D eigenvalue weighted by Gasteiger charge is 2.23. The zero-order valence-electron chi connectivity index (χ0n) is 33.9. The van der Waals surface area contributed by atoms with Crippen molar-refractivity contribution in [2.24, 2.45) is 0 Å². The van der Waals surface area contributed by atoms with Crippen molar-refractivity contribution in [3.05, 3.63) is 60.8 Å². The second-order valence-electron chi connectivity index (χ2n) is 14.4. The molecule has 52 heavy (non-hydrogen) atoms. The van der Waals surface area contributed by atoms with Gasteiger partial charge in [-0.15, -0.1) is 0 Å². The molecule has 0 saturated carbocycles. The smallest absolute Gasteiger partial charge is 0.306 e. The van der Waals surface area contributed by atoms with Crippen molar-refractivity contribution >= 4 is 11.9 Å². The highest BCUT2D eigenvalue weighted by atomic mass is 16.5. The maximum atomic E-state index is 13.1. The Hall–Kier alpha value is -2.44. The largest absolute Gasteiger partial charge is 0.462 e. The minimum atomic E-state index is -0.801. The quantitative estimate of drug-likeness (QED) is 0.0336. The lowest BCUT2D eigenvalue weighted by Crippen LogP contribution is -2.46. The fourth-order valence-electron chi connectivity index (χ4n) is 6.07. The second kappa shape index (κ2) is 39.8. The van der Waals surface area contributed by atoms with E-state index in [1.54, 1.807) is 0 Å².